The molecule has 5 nitrogen and oxygen atoms in total. The van der Waals surface area contributed by atoms with E-state index in [9.17, 15) is 4.79 Å². The van der Waals surface area contributed by atoms with Gasteiger partial charge in [-0.3, -0.25) is 4.79 Å². The van der Waals surface area contributed by atoms with Gasteiger partial charge in [0.05, 0.1) is 17.2 Å². The summed E-state index contributed by atoms with van der Waals surface area (Å²) in [5.74, 6) is 1.05. The Labute approximate surface area is 121 Å². The fraction of sp³-hybridized carbons (Fsp3) is 0.188. The molecule has 1 aliphatic rings. The van der Waals surface area contributed by atoms with Gasteiger partial charge in [-0.05, 0) is 35.7 Å². The smallest absolute Gasteiger partial charge is 0.258 e. The fourth-order valence-corrected chi connectivity index (χ4v) is 2.83. The third kappa shape index (κ3) is 1.89. The van der Waals surface area contributed by atoms with E-state index in [1.165, 1.54) is 11.9 Å². The molecule has 2 aromatic heterocycles. The van der Waals surface area contributed by atoms with Gasteiger partial charge in [0.15, 0.2) is 0 Å². The summed E-state index contributed by atoms with van der Waals surface area (Å²) in [6, 6.07) is 7.90. The molecular formula is C16H14N4O. The molecule has 0 spiro atoms. The Morgan fingerprint density at radius 1 is 1.19 bits per heavy atom. The second-order valence-electron chi connectivity index (χ2n) is 5.34. The number of hydrogen-bond donors (Lipinski definition) is 1. The summed E-state index contributed by atoms with van der Waals surface area (Å²) < 4.78 is 0. The van der Waals surface area contributed by atoms with Crippen molar-refractivity contribution in [1.82, 2.24) is 15.0 Å². The van der Waals surface area contributed by atoms with Crippen LogP contribution in [0, 0.1) is 0 Å². The zero-order chi connectivity index (χ0) is 14.4. The van der Waals surface area contributed by atoms with E-state index in [2.05, 4.69) is 33.0 Å². The normalized spacial score (nSPS) is 13.7. The van der Waals surface area contributed by atoms with Crippen LogP contribution in [0.1, 0.15) is 5.56 Å². The van der Waals surface area contributed by atoms with E-state index in [1.807, 2.05) is 24.4 Å². The van der Waals surface area contributed by atoms with Crippen LogP contribution in [0.25, 0.3) is 22.0 Å². The quantitative estimate of drug-likeness (QED) is 0.739. The first-order valence-corrected chi connectivity index (χ1v) is 6.90. The number of hydrogen-bond acceptors (Lipinski definition) is 4. The van der Waals surface area contributed by atoms with Gasteiger partial charge in [-0.25, -0.2) is 9.97 Å². The summed E-state index contributed by atoms with van der Waals surface area (Å²) in [6.07, 6.45) is 4.31. The largest absolute Gasteiger partial charge is 0.359 e. The molecule has 3 heterocycles. The molecule has 1 aliphatic heterocycles. The van der Waals surface area contributed by atoms with E-state index in [1.54, 1.807) is 0 Å². The predicted octanol–water partition coefficient (Wildman–Crippen LogP) is 1.98. The molecule has 0 unspecified atom stereocenters. The van der Waals surface area contributed by atoms with Crippen LogP contribution < -0.4 is 10.5 Å². The first-order chi connectivity index (χ1) is 10.2. The van der Waals surface area contributed by atoms with Crippen LogP contribution in [0.3, 0.4) is 0 Å². The third-order valence-corrected chi connectivity index (χ3v) is 3.99. The van der Waals surface area contributed by atoms with Crippen LogP contribution in [0.5, 0.6) is 0 Å². The zero-order valence-corrected chi connectivity index (χ0v) is 11.6. The van der Waals surface area contributed by atoms with Crippen molar-refractivity contribution in [2.75, 3.05) is 18.5 Å². The van der Waals surface area contributed by atoms with Gasteiger partial charge in [0.25, 0.3) is 5.56 Å². The Morgan fingerprint density at radius 3 is 3.00 bits per heavy atom. The molecule has 0 aliphatic carbocycles. The number of nitrogens with zero attached hydrogens (tertiary/aromatic N) is 3. The average Bonchev–Trinajstić information content (AvgIpc) is 2.88. The van der Waals surface area contributed by atoms with Gasteiger partial charge in [0.2, 0.25) is 0 Å². The third-order valence-electron chi connectivity index (χ3n) is 3.99. The van der Waals surface area contributed by atoms with Crippen molar-refractivity contribution in [3.63, 3.8) is 0 Å². The lowest BCUT2D eigenvalue weighted by atomic mass is 10.0. The lowest BCUT2D eigenvalue weighted by Crippen LogP contribution is -2.13. The average molecular weight is 278 g/mol. The molecule has 1 N–H and O–H groups in total. The highest BCUT2D eigenvalue weighted by Gasteiger charge is 2.17. The van der Waals surface area contributed by atoms with Gasteiger partial charge in [0, 0.05) is 25.4 Å². The summed E-state index contributed by atoms with van der Waals surface area (Å²) in [5.41, 5.74) is 3.88. The monoisotopic (exact) mass is 278 g/mol. The number of likely N-dealkylation sites (N-methyl/N-ethyl adjacent to an activating group) is 1. The van der Waals surface area contributed by atoms with Gasteiger partial charge in [0.1, 0.15) is 5.82 Å². The Hall–Kier alpha value is -2.69. The van der Waals surface area contributed by atoms with Gasteiger partial charge in [-0.1, -0.05) is 6.07 Å². The Kier molecular flexibility index (Phi) is 2.54. The highest BCUT2D eigenvalue weighted by Crippen LogP contribution is 2.29. The summed E-state index contributed by atoms with van der Waals surface area (Å²) in [7, 11) is 2.06. The van der Waals surface area contributed by atoms with Gasteiger partial charge in [-0.15, -0.1) is 0 Å². The van der Waals surface area contributed by atoms with Crippen molar-refractivity contribution < 1.29 is 0 Å². The summed E-state index contributed by atoms with van der Waals surface area (Å²) in [5, 5.41) is 0.604. The number of aromatic nitrogens is 3. The Morgan fingerprint density at radius 2 is 2.10 bits per heavy atom. The fourth-order valence-electron chi connectivity index (χ4n) is 2.83. The molecule has 0 saturated heterocycles. The highest BCUT2D eigenvalue weighted by molar-refractivity contribution is 5.83. The molecule has 0 atom stereocenters. The molecule has 0 radical (unpaired) electrons. The zero-order valence-electron chi connectivity index (χ0n) is 11.6. The van der Waals surface area contributed by atoms with Gasteiger partial charge < -0.3 is 9.88 Å². The highest BCUT2D eigenvalue weighted by atomic mass is 16.1. The van der Waals surface area contributed by atoms with Crippen LogP contribution in [0.15, 0.2) is 41.6 Å². The van der Waals surface area contributed by atoms with Crippen LogP contribution >= 0.6 is 0 Å². The molecule has 0 amide bonds. The van der Waals surface area contributed by atoms with Gasteiger partial charge in [-0.2, -0.15) is 0 Å². The number of H-pyrrole nitrogens is 1. The standard InChI is InChI=1S/C16H14N4O/c1-20-5-4-11-6-12(8-17-15(11)20)10-2-3-14-13(7-10)16(21)19-9-18-14/h2-3,6-9H,4-5H2,1H3,(H,18,19,21). The van der Waals surface area contributed by atoms with Crippen molar-refractivity contribution in [2.45, 2.75) is 6.42 Å². The topological polar surface area (TPSA) is 61.9 Å². The van der Waals surface area contributed by atoms with E-state index >= 15 is 0 Å². The van der Waals surface area contributed by atoms with Crippen molar-refractivity contribution >= 4 is 16.7 Å². The van der Waals surface area contributed by atoms with Gasteiger partial charge >= 0.3 is 0 Å². The van der Waals surface area contributed by atoms with Crippen molar-refractivity contribution in [3.05, 3.63) is 52.7 Å². The number of nitrogens with one attached hydrogen (secondary N) is 1. The number of fused-ring (bicyclic) bond motifs is 2. The maximum Gasteiger partial charge on any atom is 0.258 e. The number of anilines is 1. The van der Waals surface area contributed by atoms with E-state index in [4.69, 9.17) is 0 Å². The molecule has 4 rings (SSSR count). The Bertz CT molecular complexity index is 900. The number of rotatable bonds is 1. The first kappa shape index (κ1) is 12.1. The minimum Gasteiger partial charge on any atom is -0.359 e. The van der Waals surface area contributed by atoms with Crippen LogP contribution in [-0.4, -0.2) is 28.5 Å². The van der Waals surface area contributed by atoms with E-state index in [-0.39, 0.29) is 5.56 Å². The molecule has 0 fully saturated rings. The maximum atomic E-state index is 11.9. The summed E-state index contributed by atoms with van der Waals surface area (Å²) in [4.78, 5) is 25.4. The van der Waals surface area contributed by atoms with Crippen molar-refractivity contribution in [3.8, 4) is 11.1 Å². The Balaban J connectivity index is 1.87. The number of pyridine rings is 1. The molecule has 104 valence electrons. The lowest BCUT2D eigenvalue weighted by Gasteiger charge is -2.11. The molecule has 21 heavy (non-hydrogen) atoms. The number of benzene rings is 1. The molecule has 3 aromatic rings. The molecule has 0 bridgehead atoms. The maximum absolute atomic E-state index is 11.9. The van der Waals surface area contributed by atoms with Crippen LogP contribution in [0.2, 0.25) is 0 Å². The van der Waals surface area contributed by atoms with E-state index in [0.29, 0.717) is 10.9 Å². The SMILES string of the molecule is CN1CCc2cc(-c3ccc4nc[nH]c(=O)c4c3)cnc21. The molecule has 1 aromatic carbocycles. The minimum absolute atomic E-state index is 0.115. The van der Waals surface area contributed by atoms with Crippen molar-refractivity contribution in [2.24, 2.45) is 0 Å². The second kappa shape index (κ2) is 4.41. The lowest BCUT2D eigenvalue weighted by molar-refractivity contribution is 0.945. The molecule has 0 saturated carbocycles. The number of aromatic amines is 1. The summed E-state index contributed by atoms with van der Waals surface area (Å²) >= 11 is 0. The van der Waals surface area contributed by atoms with Crippen molar-refractivity contribution in [1.29, 1.82) is 0 Å². The summed E-state index contributed by atoms with van der Waals surface area (Å²) in [6.45, 7) is 1.01. The van der Waals surface area contributed by atoms with E-state index < -0.39 is 0 Å². The van der Waals surface area contributed by atoms with E-state index in [0.717, 1.165) is 29.9 Å². The van der Waals surface area contributed by atoms with Crippen LogP contribution in [-0.2, 0) is 6.42 Å². The molecular weight excluding hydrogens is 264 g/mol. The minimum atomic E-state index is -0.115. The predicted molar refractivity (Wildman–Crippen MR) is 82.6 cm³/mol. The van der Waals surface area contributed by atoms with Crippen LogP contribution in [0.4, 0.5) is 5.82 Å². The molecule has 5 heteroatoms. The first-order valence-electron chi connectivity index (χ1n) is 6.90. The second-order valence-corrected chi connectivity index (χ2v) is 5.34.